The third-order valence-corrected chi connectivity index (χ3v) is 4.60. The highest BCUT2D eigenvalue weighted by Crippen LogP contribution is 2.32. The van der Waals surface area contributed by atoms with E-state index in [-0.39, 0.29) is 0 Å². The lowest BCUT2D eigenvalue weighted by molar-refractivity contribution is 0.689. The topological polar surface area (TPSA) is 54.2 Å². The lowest BCUT2D eigenvalue weighted by Gasteiger charge is -2.27. The highest BCUT2D eigenvalue weighted by atomic mass is 15.2. The molecule has 0 bridgehead atoms. The highest BCUT2D eigenvalue weighted by Gasteiger charge is 2.17. The van der Waals surface area contributed by atoms with Gasteiger partial charge in [0.05, 0.1) is 11.4 Å². The molecule has 0 aliphatic rings. The molecule has 3 rings (SSSR count). The molecule has 1 heterocycles. The molecule has 2 aromatic carbocycles. The summed E-state index contributed by atoms with van der Waals surface area (Å²) in [6.45, 7) is 8.78. The van der Waals surface area contributed by atoms with Crippen molar-refractivity contribution in [3.63, 3.8) is 0 Å². The van der Waals surface area contributed by atoms with Gasteiger partial charge in [0.15, 0.2) is 5.82 Å². The standard InChI is InChI=1S/C24H30N4/c1-18(2)15-26-22-14-19(3)27-24(23(22)25)28(16-20-10-6-4-7-11-20)17-21-12-8-5-9-13-21/h4-14,18H,15-17,25H2,1-3H3,(H,26,27). The van der Waals surface area contributed by atoms with Crippen LogP contribution in [-0.4, -0.2) is 11.5 Å². The van der Waals surface area contributed by atoms with Crippen LogP contribution in [0.1, 0.15) is 30.7 Å². The minimum atomic E-state index is 0.543. The van der Waals surface area contributed by atoms with Gasteiger partial charge in [-0.1, -0.05) is 74.5 Å². The van der Waals surface area contributed by atoms with E-state index in [0.717, 1.165) is 36.8 Å². The predicted octanol–water partition coefficient (Wildman–Crippen LogP) is 5.25. The SMILES string of the molecule is Cc1cc(NCC(C)C)c(N)c(N(Cc2ccccc2)Cc2ccccc2)n1. The number of aryl methyl sites for hydroxylation is 1. The average molecular weight is 375 g/mol. The number of nitrogens with zero attached hydrogens (tertiary/aromatic N) is 2. The van der Waals surface area contributed by atoms with Crippen LogP contribution in [-0.2, 0) is 13.1 Å². The van der Waals surface area contributed by atoms with Gasteiger partial charge < -0.3 is 16.0 Å². The number of nitrogens with one attached hydrogen (secondary N) is 1. The van der Waals surface area contributed by atoms with Crippen LogP contribution in [0.5, 0.6) is 0 Å². The number of anilines is 3. The molecule has 3 N–H and O–H groups in total. The molecule has 28 heavy (non-hydrogen) atoms. The average Bonchev–Trinajstić information content (AvgIpc) is 2.69. The second kappa shape index (κ2) is 9.27. The lowest BCUT2D eigenvalue weighted by Crippen LogP contribution is -2.25. The monoisotopic (exact) mass is 374 g/mol. The Labute approximate surface area is 168 Å². The fourth-order valence-corrected chi connectivity index (χ4v) is 3.18. The maximum atomic E-state index is 6.58. The molecule has 0 fully saturated rings. The summed E-state index contributed by atoms with van der Waals surface area (Å²) in [5.41, 5.74) is 11.7. The number of nitrogens with two attached hydrogens (primary N) is 1. The molecule has 0 atom stereocenters. The fourth-order valence-electron chi connectivity index (χ4n) is 3.18. The van der Waals surface area contributed by atoms with Crippen LogP contribution in [0.25, 0.3) is 0 Å². The quantitative estimate of drug-likeness (QED) is 0.566. The molecule has 0 saturated carbocycles. The first-order valence-electron chi connectivity index (χ1n) is 9.86. The van der Waals surface area contributed by atoms with Crippen molar-refractivity contribution in [2.45, 2.75) is 33.9 Å². The van der Waals surface area contributed by atoms with Gasteiger partial charge in [-0.2, -0.15) is 0 Å². The molecule has 0 aliphatic heterocycles. The zero-order chi connectivity index (χ0) is 19.9. The summed E-state index contributed by atoms with van der Waals surface area (Å²) >= 11 is 0. The van der Waals surface area contributed by atoms with Crippen molar-refractivity contribution >= 4 is 17.2 Å². The van der Waals surface area contributed by atoms with Crippen LogP contribution in [0.15, 0.2) is 66.7 Å². The van der Waals surface area contributed by atoms with Gasteiger partial charge >= 0.3 is 0 Å². The normalized spacial score (nSPS) is 10.9. The molecule has 0 radical (unpaired) electrons. The van der Waals surface area contributed by atoms with E-state index in [2.05, 4.69) is 72.6 Å². The Hall–Kier alpha value is -3.01. The van der Waals surface area contributed by atoms with Crippen LogP contribution >= 0.6 is 0 Å². The van der Waals surface area contributed by atoms with Gasteiger partial charge in [0.2, 0.25) is 0 Å². The second-order valence-electron chi connectivity index (χ2n) is 7.65. The third-order valence-electron chi connectivity index (χ3n) is 4.60. The number of pyridine rings is 1. The number of aromatic nitrogens is 1. The largest absolute Gasteiger partial charge is 0.394 e. The molecular formula is C24H30N4. The maximum Gasteiger partial charge on any atom is 0.154 e. The number of benzene rings is 2. The molecular weight excluding hydrogens is 344 g/mol. The van der Waals surface area contributed by atoms with E-state index in [1.54, 1.807) is 0 Å². The summed E-state index contributed by atoms with van der Waals surface area (Å²) in [5, 5.41) is 3.48. The molecule has 0 spiro atoms. The Balaban J connectivity index is 1.96. The predicted molar refractivity (Wildman–Crippen MR) is 119 cm³/mol. The lowest BCUT2D eigenvalue weighted by atomic mass is 10.1. The van der Waals surface area contributed by atoms with E-state index in [4.69, 9.17) is 10.7 Å². The molecule has 4 heteroatoms. The molecule has 0 saturated heterocycles. The van der Waals surface area contributed by atoms with Crippen molar-refractivity contribution in [2.24, 2.45) is 5.92 Å². The summed E-state index contributed by atoms with van der Waals surface area (Å²) in [5.74, 6) is 1.38. The second-order valence-corrected chi connectivity index (χ2v) is 7.65. The summed E-state index contributed by atoms with van der Waals surface area (Å²) in [6.07, 6.45) is 0. The van der Waals surface area contributed by atoms with Crippen molar-refractivity contribution in [2.75, 3.05) is 22.5 Å². The number of hydrogen-bond acceptors (Lipinski definition) is 4. The molecule has 3 aromatic rings. The van der Waals surface area contributed by atoms with Gasteiger partial charge in [0, 0.05) is 25.3 Å². The third kappa shape index (κ3) is 5.26. The van der Waals surface area contributed by atoms with Gasteiger partial charge in [-0.15, -0.1) is 0 Å². The van der Waals surface area contributed by atoms with E-state index < -0.39 is 0 Å². The van der Waals surface area contributed by atoms with E-state index in [1.807, 2.05) is 25.1 Å². The van der Waals surface area contributed by atoms with E-state index >= 15 is 0 Å². The van der Waals surface area contributed by atoms with E-state index in [0.29, 0.717) is 11.6 Å². The zero-order valence-electron chi connectivity index (χ0n) is 17.0. The van der Waals surface area contributed by atoms with E-state index in [1.165, 1.54) is 11.1 Å². The van der Waals surface area contributed by atoms with Crippen LogP contribution in [0.3, 0.4) is 0 Å². The van der Waals surface area contributed by atoms with Crippen LogP contribution < -0.4 is 16.0 Å². The van der Waals surface area contributed by atoms with Crippen molar-refractivity contribution in [1.29, 1.82) is 0 Å². The molecule has 1 aromatic heterocycles. The molecule has 4 nitrogen and oxygen atoms in total. The van der Waals surface area contributed by atoms with Crippen molar-refractivity contribution < 1.29 is 0 Å². The number of hydrogen-bond donors (Lipinski definition) is 2. The molecule has 146 valence electrons. The summed E-state index contributed by atoms with van der Waals surface area (Å²) in [4.78, 5) is 7.07. The highest BCUT2D eigenvalue weighted by molar-refractivity contribution is 5.78. The first kappa shape index (κ1) is 19.7. The summed E-state index contributed by atoms with van der Waals surface area (Å²) in [6, 6.07) is 22.9. The Morgan fingerprint density at radius 2 is 1.46 bits per heavy atom. The first-order chi connectivity index (χ1) is 13.5. The van der Waals surface area contributed by atoms with Gasteiger partial charge in [-0.05, 0) is 30.0 Å². The Bertz CT molecular complexity index is 834. The Morgan fingerprint density at radius 1 is 0.929 bits per heavy atom. The molecule has 0 unspecified atom stereocenters. The minimum Gasteiger partial charge on any atom is -0.394 e. The maximum absolute atomic E-state index is 6.58. The first-order valence-corrected chi connectivity index (χ1v) is 9.86. The fraction of sp³-hybridized carbons (Fsp3) is 0.292. The molecule has 0 aliphatic carbocycles. The summed E-state index contributed by atoms with van der Waals surface area (Å²) < 4.78 is 0. The van der Waals surface area contributed by atoms with Crippen LogP contribution in [0.2, 0.25) is 0 Å². The van der Waals surface area contributed by atoms with Crippen LogP contribution in [0.4, 0.5) is 17.2 Å². The van der Waals surface area contributed by atoms with Crippen molar-refractivity contribution in [1.82, 2.24) is 4.98 Å². The van der Waals surface area contributed by atoms with Gasteiger partial charge in [0.25, 0.3) is 0 Å². The smallest absolute Gasteiger partial charge is 0.154 e. The number of nitrogen functional groups attached to an aromatic ring is 1. The van der Waals surface area contributed by atoms with E-state index in [9.17, 15) is 0 Å². The Morgan fingerprint density at radius 3 is 1.96 bits per heavy atom. The van der Waals surface area contributed by atoms with Gasteiger partial charge in [-0.3, -0.25) is 0 Å². The van der Waals surface area contributed by atoms with Gasteiger partial charge in [-0.25, -0.2) is 4.98 Å². The van der Waals surface area contributed by atoms with Crippen molar-refractivity contribution in [3.8, 4) is 0 Å². The van der Waals surface area contributed by atoms with Crippen molar-refractivity contribution in [3.05, 3.63) is 83.6 Å². The zero-order valence-corrected chi connectivity index (χ0v) is 17.0. The van der Waals surface area contributed by atoms with Gasteiger partial charge in [0.1, 0.15) is 0 Å². The van der Waals surface area contributed by atoms with Crippen LogP contribution in [0, 0.1) is 12.8 Å². The number of rotatable bonds is 8. The Kier molecular flexibility index (Phi) is 6.53. The summed E-state index contributed by atoms with van der Waals surface area (Å²) in [7, 11) is 0. The minimum absolute atomic E-state index is 0.543. The molecule has 0 amide bonds.